The first kappa shape index (κ1) is 30.2. The Hall–Kier alpha value is -4.30. The molecule has 0 radical (unpaired) electrons. The third kappa shape index (κ3) is 7.21. The molecule has 214 valence electrons. The lowest BCUT2D eigenvalue weighted by atomic mass is 10.1. The molecule has 0 aliphatic heterocycles. The van der Waals surface area contributed by atoms with Crippen molar-refractivity contribution in [3.63, 3.8) is 0 Å². The average Bonchev–Trinajstić information content (AvgIpc) is 2.87. The van der Waals surface area contributed by atoms with Crippen LogP contribution in [-0.2, 0) is 18.9 Å². The van der Waals surface area contributed by atoms with Crippen LogP contribution in [0.4, 0.5) is 36.4 Å². The number of nitrogens with two attached hydrogens (primary N) is 1. The first-order valence-corrected chi connectivity index (χ1v) is 11.9. The van der Waals surface area contributed by atoms with E-state index in [1.807, 2.05) is 0 Å². The molecule has 0 saturated carbocycles. The van der Waals surface area contributed by atoms with Crippen LogP contribution in [0.2, 0.25) is 0 Å². The molecule has 4 rings (SSSR count). The molecule has 0 bridgehead atoms. The van der Waals surface area contributed by atoms with Crippen molar-refractivity contribution in [2.45, 2.75) is 51.5 Å². The number of halogens is 7. The Labute approximate surface area is 221 Å². The number of alkyl halides is 6. The summed E-state index contributed by atoms with van der Waals surface area (Å²) in [5, 5.41) is 5.43. The molecular weight excluding hydrogens is 549 g/mol. The van der Waals surface area contributed by atoms with Crippen LogP contribution in [0.3, 0.4) is 0 Å². The maximum Gasteiger partial charge on any atom is 0.423 e. The normalized spacial score (nSPS) is 11.8. The topological polar surface area (TPSA) is 120 Å². The van der Waals surface area contributed by atoms with Gasteiger partial charge in [-0.1, -0.05) is 26.2 Å². The fraction of sp³-hybridized carbons (Fsp3) is 0.320. The SMILES string of the molecule is CCCCCCn1ccc2cc(-c3ncc(C(F)(F)F)cn3)c(F)cc2c1=O.Nc1cn[nH]c(=O)c1C(F)(F)F. The number of aryl methyl sites for hydroxylation is 1. The molecule has 0 amide bonds. The molecule has 3 aromatic heterocycles. The van der Waals surface area contributed by atoms with E-state index in [-0.39, 0.29) is 22.3 Å². The summed E-state index contributed by atoms with van der Waals surface area (Å²) < 4.78 is 89.9. The third-order valence-electron chi connectivity index (χ3n) is 5.71. The molecule has 0 saturated heterocycles. The molecule has 15 heteroatoms. The fourth-order valence-corrected chi connectivity index (χ4v) is 3.68. The number of fused-ring (bicyclic) bond motifs is 1. The van der Waals surface area contributed by atoms with E-state index in [1.165, 1.54) is 6.07 Å². The highest BCUT2D eigenvalue weighted by molar-refractivity contribution is 5.85. The van der Waals surface area contributed by atoms with E-state index < -0.39 is 40.5 Å². The van der Waals surface area contributed by atoms with E-state index in [2.05, 4.69) is 22.0 Å². The summed E-state index contributed by atoms with van der Waals surface area (Å²) in [7, 11) is 0. The monoisotopic (exact) mass is 572 g/mol. The molecular formula is C25H23F7N6O2. The van der Waals surface area contributed by atoms with Crippen LogP contribution < -0.4 is 16.9 Å². The van der Waals surface area contributed by atoms with Gasteiger partial charge in [0.25, 0.3) is 11.1 Å². The molecule has 40 heavy (non-hydrogen) atoms. The van der Waals surface area contributed by atoms with E-state index in [4.69, 9.17) is 5.73 Å². The highest BCUT2D eigenvalue weighted by Gasteiger charge is 2.36. The van der Waals surface area contributed by atoms with Gasteiger partial charge in [0.15, 0.2) is 5.82 Å². The minimum absolute atomic E-state index is 0.0543. The van der Waals surface area contributed by atoms with Crippen molar-refractivity contribution in [2.75, 3.05) is 5.73 Å². The fourth-order valence-electron chi connectivity index (χ4n) is 3.68. The van der Waals surface area contributed by atoms with Gasteiger partial charge < -0.3 is 10.3 Å². The zero-order chi connectivity index (χ0) is 29.7. The minimum atomic E-state index is -4.74. The number of aromatic nitrogens is 5. The van der Waals surface area contributed by atoms with Gasteiger partial charge in [0.1, 0.15) is 11.4 Å². The number of aromatic amines is 1. The van der Waals surface area contributed by atoms with Gasteiger partial charge in [-0.2, -0.15) is 31.4 Å². The highest BCUT2D eigenvalue weighted by atomic mass is 19.4. The molecule has 0 aliphatic rings. The van der Waals surface area contributed by atoms with Gasteiger partial charge in [0.2, 0.25) is 0 Å². The zero-order valence-electron chi connectivity index (χ0n) is 20.9. The lowest BCUT2D eigenvalue weighted by Crippen LogP contribution is -2.24. The van der Waals surface area contributed by atoms with Crippen molar-refractivity contribution < 1.29 is 30.7 Å². The molecule has 3 heterocycles. The Morgan fingerprint density at radius 2 is 1.62 bits per heavy atom. The number of pyridine rings is 1. The Morgan fingerprint density at radius 3 is 2.17 bits per heavy atom. The van der Waals surface area contributed by atoms with Crippen LogP contribution in [0, 0.1) is 5.82 Å². The number of nitrogens with zero attached hydrogens (tertiary/aromatic N) is 4. The minimum Gasteiger partial charge on any atom is -0.397 e. The molecule has 0 fully saturated rings. The summed E-state index contributed by atoms with van der Waals surface area (Å²) in [6, 6.07) is 4.16. The van der Waals surface area contributed by atoms with Crippen molar-refractivity contribution in [2.24, 2.45) is 0 Å². The summed E-state index contributed by atoms with van der Waals surface area (Å²) in [5.74, 6) is -0.927. The largest absolute Gasteiger partial charge is 0.423 e. The van der Waals surface area contributed by atoms with Crippen LogP contribution in [-0.4, -0.2) is 24.7 Å². The average molecular weight is 572 g/mol. The molecule has 0 unspecified atom stereocenters. The number of H-pyrrole nitrogens is 1. The smallest absolute Gasteiger partial charge is 0.397 e. The second-order valence-electron chi connectivity index (χ2n) is 8.61. The van der Waals surface area contributed by atoms with E-state index >= 15 is 0 Å². The Balaban J connectivity index is 0.000000307. The lowest BCUT2D eigenvalue weighted by Gasteiger charge is -2.10. The first-order valence-electron chi connectivity index (χ1n) is 11.9. The van der Waals surface area contributed by atoms with Crippen molar-refractivity contribution in [1.82, 2.24) is 24.7 Å². The van der Waals surface area contributed by atoms with Crippen molar-refractivity contribution in [3.05, 3.63) is 80.6 Å². The maximum absolute atomic E-state index is 14.6. The number of nitrogens with one attached hydrogen (secondary N) is 1. The lowest BCUT2D eigenvalue weighted by molar-refractivity contribution is -0.138. The van der Waals surface area contributed by atoms with Gasteiger partial charge in [0, 0.05) is 25.1 Å². The first-order chi connectivity index (χ1) is 18.7. The molecule has 1 aromatic carbocycles. The number of hydrogen-bond acceptors (Lipinski definition) is 6. The van der Waals surface area contributed by atoms with Gasteiger partial charge in [-0.15, -0.1) is 0 Å². The molecule has 4 aromatic rings. The van der Waals surface area contributed by atoms with Crippen molar-refractivity contribution in [3.8, 4) is 11.4 Å². The second-order valence-corrected chi connectivity index (χ2v) is 8.61. The maximum atomic E-state index is 14.6. The van der Waals surface area contributed by atoms with Crippen molar-refractivity contribution in [1.29, 1.82) is 0 Å². The number of anilines is 1. The third-order valence-corrected chi connectivity index (χ3v) is 5.71. The van der Waals surface area contributed by atoms with Crippen LogP contribution in [0.1, 0.15) is 43.7 Å². The standard InChI is InChI=1S/C20H19F4N3O.C5H4F3N3O/c1-2-3-4-5-7-27-8-6-13-9-16(17(21)10-15(13)19(27)28)18-25-11-14(12-26-18)20(22,23)24;6-5(7,8)3-2(9)1-10-11-4(3)12/h6,8-12H,2-5,7H2,1H3;1H,(H3,9,11,12). The quantitative estimate of drug-likeness (QED) is 0.230. The molecule has 0 spiro atoms. The number of unbranched alkanes of at least 4 members (excludes halogenated alkanes) is 3. The summed E-state index contributed by atoms with van der Waals surface area (Å²) in [5.41, 5.74) is 0.131. The Morgan fingerprint density at radius 1 is 0.950 bits per heavy atom. The van der Waals surface area contributed by atoms with Gasteiger partial charge in [-0.25, -0.2) is 19.5 Å². The molecule has 3 N–H and O–H groups in total. The molecule has 0 aliphatic carbocycles. The van der Waals surface area contributed by atoms with Gasteiger partial charge >= 0.3 is 12.4 Å². The van der Waals surface area contributed by atoms with E-state index in [9.17, 15) is 40.3 Å². The molecule has 8 nitrogen and oxygen atoms in total. The summed E-state index contributed by atoms with van der Waals surface area (Å²) in [6.45, 7) is 2.66. The van der Waals surface area contributed by atoms with Crippen LogP contribution in [0.15, 0.2) is 52.6 Å². The van der Waals surface area contributed by atoms with Crippen LogP contribution >= 0.6 is 0 Å². The summed E-state index contributed by atoms with van der Waals surface area (Å²) >= 11 is 0. The second kappa shape index (κ2) is 12.3. The van der Waals surface area contributed by atoms with E-state index in [1.54, 1.807) is 21.9 Å². The summed E-state index contributed by atoms with van der Waals surface area (Å²) in [4.78, 5) is 30.4. The Bertz CT molecular complexity index is 1580. The summed E-state index contributed by atoms with van der Waals surface area (Å²) in [6.07, 6.45) is -1.64. The highest BCUT2D eigenvalue weighted by Crippen LogP contribution is 2.30. The predicted molar refractivity (Wildman–Crippen MR) is 133 cm³/mol. The number of benzene rings is 1. The van der Waals surface area contributed by atoms with Gasteiger partial charge in [-0.05, 0) is 30.0 Å². The zero-order valence-corrected chi connectivity index (χ0v) is 20.9. The predicted octanol–water partition coefficient (Wildman–Crippen LogP) is 5.57. The van der Waals surface area contributed by atoms with E-state index in [0.29, 0.717) is 24.3 Å². The number of nitrogen functional groups attached to an aromatic ring is 1. The Kier molecular flexibility index (Phi) is 9.27. The number of rotatable bonds is 6. The van der Waals surface area contributed by atoms with Crippen LogP contribution in [0.5, 0.6) is 0 Å². The molecule has 0 atom stereocenters. The van der Waals surface area contributed by atoms with Crippen LogP contribution in [0.25, 0.3) is 22.2 Å². The number of hydrogen-bond donors (Lipinski definition) is 2. The van der Waals surface area contributed by atoms with Gasteiger partial charge in [0.05, 0.1) is 28.4 Å². The van der Waals surface area contributed by atoms with Crippen molar-refractivity contribution >= 4 is 16.5 Å². The van der Waals surface area contributed by atoms with E-state index in [0.717, 1.165) is 37.9 Å². The van der Waals surface area contributed by atoms with Gasteiger partial charge in [-0.3, -0.25) is 9.59 Å².